The van der Waals surface area contributed by atoms with Crippen LogP contribution in [0.2, 0.25) is 0 Å². The molecular formula is C20H34O3. The van der Waals surface area contributed by atoms with Gasteiger partial charge in [0.2, 0.25) is 0 Å². The van der Waals surface area contributed by atoms with Crippen LogP contribution in [0.15, 0.2) is 12.2 Å². The molecule has 23 heavy (non-hydrogen) atoms. The molecule has 1 aliphatic rings. The van der Waals surface area contributed by atoms with Gasteiger partial charge in [-0.15, -0.1) is 0 Å². The van der Waals surface area contributed by atoms with Crippen LogP contribution in [-0.2, 0) is 14.3 Å². The summed E-state index contributed by atoms with van der Waals surface area (Å²) in [5.41, 5.74) is 0. The van der Waals surface area contributed by atoms with Crippen molar-refractivity contribution < 1.29 is 14.3 Å². The van der Waals surface area contributed by atoms with E-state index < -0.39 is 0 Å². The monoisotopic (exact) mass is 322 g/mol. The molecular weight excluding hydrogens is 288 g/mol. The Morgan fingerprint density at radius 2 is 1.43 bits per heavy atom. The topological polar surface area (TPSA) is 43.4 Å². The zero-order valence-corrected chi connectivity index (χ0v) is 14.9. The first-order valence-corrected chi connectivity index (χ1v) is 9.63. The van der Waals surface area contributed by atoms with Crippen LogP contribution in [0.5, 0.6) is 0 Å². The van der Waals surface area contributed by atoms with Gasteiger partial charge in [-0.2, -0.15) is 0 Å². The minimum Gasteiger partial charge on any atom is -0.393 e. The summed E-state index contributed by atoms with van der Waals surface area (Å²) in [6.07, 6.45) is 20.9. The molecule has 0 aromatic heterocycles. The number of rotatable bonds is 14. The Morgan fingerprint density at radius 3 is 2.00 bits per heavy atom. The third-order valence-electron chi connectivity index (χ3n) is 4.51. The van der Waals surface area contributed by atoms with Crippen molar-refractivity contribution in [3.05, 3.63) is 12.2 Å². The summed E-state index contributed by atoms with van der Waals surface area (Å²) >= 11 is 0. The van der Waals surface area contributed by atoms with Crippen LogP contribution < -0.4 is 0 Å². The fourth-order valence-electron chi connectivity index (χ4n) is 3.03. The van der Waals surface area contributed by atoms with Gasteiger partial charge in [0.05, 0.1) is 12.3 Å². The minimum absolute atomic E-state index is 0.158. The predicted octanol–water partition coefficient (Wildman–Crippen LogP) is 5.72. The van der Waals surface area contributed by atoms with Gasteiger partial charge in [-0.25, -0.2) is 0 Å². The van der Waals surface area contributed by atoms with Gasteiger partial charge in [0.1, 0.15) is 0 Å². The van der Waals surface area contributed by atoms with Gasteiger partial charge in [-0.05, 0) is 25.7 Å². The maximum Gasteiger partial charge on any atom is 0.317 e. The first-order valence-electron chi connectivity index (χ1n) is 9.63. The van der Waals surface area contributed by atoms with Gasteiger partial charge in [0, 0.05) is 0 Å². The maximum atomic E-state index is 11.3. The van der Waals surface area contributed by atoms with Gasteiger partial charge in [-0.1, -0.05) is 76.9 Å². The lowest BCUT2D eigenvalue weighted by Gasteiger charge is -2.04. The third kappa shape index (κ3) is 10.3. The smallest absolute Gasteiger partial charge is 0.317 e. The van der Waals surface area contributed by atoms with E-state index in [0.29, 0.717) is 6.42 Å². The number of unbranched alkanes of at least 4 members (excludes halogenated alkanes) is 10. The molecule has 1 atom stereocenters. The first-order chi connectivity index (χ1) is 11.2. The van der Waals surface area contributed by atoms with Crippen LogP contribution in [0.1, 0.15) is 96.8 Å². The highest BCUT2D eigenvalue weighted by atomic mass is 16.6. The second kappa shape index (κ2) is 13.3. The fourth-order valence-corrected chi connectivity index (χ4v) is 3.03. The summed E-state index contributed by atoms with van der Waals surface area (Å²) in [4.78, 5) is 22.3. The summed E-state index contributed by atoms with van der Waals surface area (Å²) in [5.74, 6) is -0.811. The Labute approximate surface area is 141 Å². The second-order valence-electron chi connectivity index (χ2n) is 6.71. The van der Waals surface area contributed by atoms with E-state index in [1.54, 1.807) is 0 Å². The van der Waals surface area contributed by atoms with Crippen molar-refractivity contribution in [2.24, 2.45) is 5.92 Å². The van der Waals surface area contributed by atoms with Gasteiger partial charge in [0.15, 0.2) is 0 Å². The van der Waals surface area contributed by atoms with Crippen molar-refractivity contribution in [1.82, 2.24) is 0 Å². The summed E-state index contributed by atoms with van der Waals surface area (Å²) in [7, 11) is 0. The van der Waals surface area contributed by atoms with Crippen LogP contribution in [0.3, 0.4) is 0 Å². The first kappa shape index (κ1) is 19.9. The molecule has 3 nitrogen and oxygen atoms in total. The summed E-state index contributed by atoms with van der Waals surface area (Å²) in [6.45, 7) is 2.22. The number of cyclic esters (lactones) is 2. The third-order valence-corrected chi connectivity index (χ3v) is 4.51. The van der Waals surface area contributed by atoms with E-state index in [4.69, 9.17) is 0 Å². The molecule has 1 aliphatic heterocycles. The number of carbonyl (C=O) groups excluding carboxylic acids is 2. The molecule has 3 heteroatoms. The molecule has 0 saturated carbocycles. The van der Waals surface area contributed by atoms with Crippen LogP contribution in [-0.4, -0.2) is 11.9 Å². The van der Waals surface area contributed by atoms with Gasteiger partial charge < -0.3 is 4.74 Å². The number of hydrogen-bond donors (Lipinski definition) is 0. The maximum absolute atomic E-state index is 11.3. The SMILES string of the molecule is CCCC=CCCCCCCCCCCCC1CC(=O)OC1=O. The van der Waals surface area contributed by atoms with Crippen LogP contribution in [0.25, 0.3) is 0 Å². The van der Waals surface area contributed by atoms with E-state index in [-0.39, 0.29) is 17.9 Å². The molecule has 0 N–H and O–H groups in total. The molecule has 0 amide bonds. The van der Waals surface area contributed by atoms with Crippen molar-refractivity contribution >= 4 is 11.9 Å². The molecule has 0 radical (unpaired) electrons. The molecule has 132 valence electrons. The predicted molar refractivity (Wildman–Crippen MR) is 94.0 cm³/mol. The van der Waals surface area contributed by atoms with Gasteiger partial charge >= 0.3 is 11.9 Å². The number of ether oxygens (including phenoxy) is 1. The van der Waals surface area contributed by atoms with Crippen molar-refractivity contribution in [3.63, 3.8) is 0 Å². The lowest BCUT2D eigenvalue weighted by Crippen LogP contribution is -2.06. The molecule has 0 spiro atoms. The lowest BCUT2D eigenvalue weighted by molar-refractivity contribution is -0.153. The van der Waals surface area contributed by atoms with Crippen LogP contribution in [0.4, 0.5) is 0 Å². The van der Waals surface area contributed by atoms with Crippen LogP contribution >= 0.6 is 0 Å². The fraction of sp³-hybridized carbons (Fsp3) is 0.800. The molecule has 1 fully saturated rings. The standard InChI is InChI=1S/C20H34O3/c1-2-3-4-5-6-7-8-9-10-11-12-13-14-15-16-18-17-19(21)23-20(18)22/h4-5,18H,2-3,6-17H2,1H3. The van der Waals surface area contributed by atoms with Gasteiger partial charge in [0.25, 0.3) is 0 Å². The molecule has 0 bridgehead atoms. The summed E-state index contributed by atoms with van der Waals surface area (Å²) in [6, 6.07) is 0. The van der Waals surface area contributed by atoms with E-state index in [1.165, 1.54) is 70.6 Å². The molecule has 0 aromatic carbocycles. The van der Waals surface area contributed by atoms with Crippen LogP contribution in [0, 0.1) is 5.92 Å². The second-order valence-corrected chi connectivity index (χ2v) is 6.71. The largest absolute Gasteiger partial charge is 0.393 e. The van der Waals surface area contributed by atoms with Crippen molar-refractivity contribution in [3.8, 4) is 0 Å². The van der Waals surface area contributed by atoms with Crippen molar-refractivity contribution in [2.45, 2.75) is 96.8 Å². The molecule has 0 aliphatic carbocycles. The Hall–Kier alpha value is -1.12. The molecule has 1 unspecified atom stereocenters. The molecule has 1 saturated heterocycles. The van der Waals surface area contributed by atoms with E-state index in [0.717, 1.165) is 12.8 Å². The average molecular weight is 322 g/mol. The Balaban J connectivity index is 1.78. The highest BCUT2D eigenvalue weighted by Crippen LogP contribution is 2.22. The average Bonchev–Trinajstić information content (AvgIpc) is 2.85. The number of hydrogen-bond acceptors (Lipinski definition) is 3. The van der Waals surface area contributed by atoms with Crippen molar-refractivity contribution in [1.29, 1.82) is 0 Å². The summed E-state index contributed by atoms with van der Waals surface area (Å²) < 4.78 is 4.56. The van der Waals surface area contributed by atoms with E-state index >= 15 is 0 Å². The Morgan fingerprint density at radius 1 is 0.870 bits per heavy atom. The normalized spacial score (nSPS) is 18.0. The molecule has 1 heterocycles. The number of carbonyl (C=O) groups is 2. The highest BCUT2D eigenvalue weighted by Gasteiger charge is 2.32. The minimum atomic E-state index is -0.346. The Bertz CT molecular complexity index is 360. The van der Waals surface area contributed by atoms with E-state index in [9.17, 15) is 9.59 Å². The van der Waals surface area contributed by atoms with E-state index in [1.807, 2.05) is 0 Å². The van der Waals surface area contributed by atoms with E-state index in [2.05, 4.69) is 23.8 Å². The molecule has 1 rings (SSSR count). The lowest BCUT2D eigenvalue weighted by atomic mass is 9.99. The van der Waals surface area contributed by atoms with Crippen molar-refractivity contribution in [2.75, 3.05) is 0 Å². The highest BCUT2D eigenvalue weighted by molar-refractivity contribution is 5.94. The molecule has 0 aromatic rings. The Kier molecular flexibility index (Phi) is 11.5. The quantitative estimate of drug-likeness (QED) is 0.178. The van der Waals surface area contributed by atoms with Gasteiger partial charge in [-0.3, -0.25) is 9.59 Å². The summed E-state index contributed by atoms with van der Waals surface area (Å²) in [5, 5.41) is 0. The number of allylic oxidation sites excluding steroid dienone is 2. The zero-order valence-electron chi connectivity index (χ0n) is 14.9. The zero-order chi connectivity index (χ0) is 16.8. The number of esters is 2.